The first-order valence-electron chi connectivity index (χ1n) is 24.5. The van der Waals surface area contributed by atoms with Crippen LogP contribution < -0.4 is 24.6 Å². The Bertz CT molecular complexity index is 2930. The zero-order valence-corrected chi connectivity index (χ0v) is 40.6. The molecule has 4 aliphatic heterocycles. The van der Waals surface area contributed by atoms with Crippen LogP contribution in [0.4, 0.5) is 28.4 Å². The molecular weight excluding hydrogens is 897 g/mol. The summed E-state index contributed by atoms with van der Waals surface area (Å²) in [5, 5.41) is 26.7. The molecule has 69 heavy (non-hydrogen) atoms. The topological polar surface area (TPSA) is 195 Å². The first kappa shape index (κ1) is 45.7. The number of nitrogens with zero attached hydrogens (tertiary/aromatic N) is 5. The third-order valence-electron chi connectivity index (χ3n) is 15.9. The molecule has 0 bridgehead atoms. The quantitative estimate of drug-likeness (QED) is 0.0730. The number of anilines is 4. The molecule has 16 nitrogen and oxygen atoms in total. The number of hydrogen-bond acceptors (Lipinski definition) is 13. The number of hydrogen-bond donors (Lipinski definition) is 4. The van der Waals surface area contributed by atoms with Crippen molar-refractivity contribution in [3.8, 4) is 5.88 Å². The molecule has 0 radical (unpaired) electrons. The van der Waals surface area contributed by atoms with E-state index in [4.69, 9.17) is 14.5 Å². The van der Waals surface area contributed by atoms with E-state index in [0.29, 0.717) is 67.6 Å². The van der Waals surface area contributed by atoms with Gasteiger partial charge in [-0.2, -0.15) is 4.98 Å². The van der Waals surface area contributed by atoms with E-state index in [2.05, 4.69) is 69.9 Å². The highest BCUT2D eigenvalue weighted by Gasteiger charge is 2.55. The van der Waals surface area contributed by atoms with Gasteiger partial charge in [0.1, 0.15) is 23.1 Å². The van der Waals surface area contributed by atoms with Crippen molar-refractivity contribution < 1.29 is 32.7 Å². The molecule has 0 unspecified atom stereocenters. The molecule has 5 fully saturated rings. The predicted molar refractivity (Wildman–Crippen MR) is 264 cm³/mol. The zero-order chi connectivity index (χ0) is 48.0. The lowest BCUT2D eigenvalue weighted by Crippen LogP contribution is -2.66. The number of carbonyl (C=O) groups is 1. The van der Waals surface area contributed by atoms with Gasteiger partial charge in [0, 0.05) is 60.5 Å². The van der Waals surface area contributed by atoms with E-state index in [1.807, 2.05) is 36.1 Å². The van der Waals surface area contributed by atoms with Crippen LogP contribution in [0.2, 0.25) is 0 Å². The van der Waals surface area contributed by atoms with E-state index >= 15 is 0 Å². The molecule has 3 saturated heterocycles. The van der Waals surface area contributed by atoms with Crippen LogP contribution in [0.15, 0.2) is 83.9 Å². The van der Waals surface area contributed by atoms with E-state index in [-0.39, 0.29) is 34.0 Å². The molecular formula is C52H62N8O8S. The summed E-state index contributed by atoms with van der Waals surface area (Å²) < 4.78 is 42.9. The number of nitro benzene ring substituents is 1. The molecule has 3 aromatic carbocycles. The average molecular weight is 959 g/mol. The molecule has 4 N–H and O–H groups in total. The number of likely N-dealkylation sites (tertiary alicyclic amines) is 1. The highest BCUT2D eigenvalue weighted by atomic mass is 32.2. The summed E-state index contributed by atoms with van der Waals surface area (Å²) in [5.74, 6) is -0.319. The Morgan fingerprint density at radius 3 is 2.55 bits per heavy atom. The van der Waals surface area contributed by atoms with Crippen molar-refractivity contribution in [2.75, 3.05) is 54.5 Å². The Balaban J connectivity index is 0.864. The maximum absolute atomic E-state index is 14.6. The number of sulfonamides is 1. The van der Waals surface area contributed by atoms with Crippen molar-refractivity contribution >= 4 is 55.4 Å². The lowest BCUT2D eigenvalue weighted by atomic mass is 9.60. The summed E-state index contributed by atoms with van der Waals surface area (Å²) in [4.78, 5) is 41.0. The second-order valence-corrected chi connectivity index (χ2v) is 23.6. The van der Waals surface area contributed by atoms with Gasteiger partial charge in [0.25, 0.3) is 21.6 Å². The van der Waals surface area contributed by atoms with Gasteiger partial charge < -0.3 is 34.7 Å². The normalized spacial score (nSPS) is 25.7. The van der Waals surface area contributed by atoms with Crippen LogP contribution in [0.1, 0.15) is 107 Å². The monoisotopic (exact) mass is 958 g/mol. The summed E-state index contributed by atoms with van der Waals surface area (Å²) in [7, 11) is -4.61. The van der Waals surface area contributed by atoms with Crippen LogP contribution in [0.5, 0.6) is 5.88 Å². The smallest absolute Gasteiger partial charge is 0.293 e. The fourth-order valence-electron chi connectivity index (χ4n) is 12.2. The third-order valence-corrected chi connectivity index (χ3v) is 17.3. The number of fused-ring (bicyclic) bond motifs is 3. The second-order valence-electron chi connectivity index (χ2n) is 21.9. The van der Waals surface area contributed by atoms with Gasteiger partial charge in [-0.15, -0.1) is 0 Å². The number of aliphatic hydroxyl groups is 1. The molecule has 11 rings (SSSR count). The van der Waals surface area contributed by atoms with E-state index in [1.54, 1.807) is 12.3 Å². The number of pyridine rings is 1. The summed E-state index contributed by atoms with van der Waals surface area (Å²) in [6.07, 6.45) is 8.81. The van der Waals surface area contributed by atoms with E-state index in [0.717, 1.165) is 62.5 Å². The largest absolute Gasteiger partial charge is 0.468 e. The molecule has 6 aliphatic rings. The summed E-state index contributed by atoms with van der Waals surface area (Å²) in [5.41, 5.74) is 4.94. The number of H-pyrrole nitrogens is 1. The summed E-state index contributed by atoms with van der Waals surface area (Å²) >= 11 is 0. The Hall–Kier alpha value is -5.75. The minimum absolute atomic E-state index is 0.0667. The molecule has 2 aromatic heterocycles. The Labute approximate surface area is 403 Å². The van der Waals surface area contributed by atoms with Crippen LogP contribution in [-0.4, -0.2) is 102 Å². The fraction of sp³-hybridized carbons (Fsp3) is 0.500. The molecule has 2 aliphatic carbocycles. The Morgan fingerprint density at radius 1 is 1.00 bits per heavy atom. The SMILES string of the molecule is CC1(O)CCC(CNc2ccc(S(=O)(=O)NC(=O)c3ccc(N4CC5(CC(N6CCC[C@H]6c6ccccc6C(C)(C)C)C5)C4)cc3N3c4cc5cc[nH]c5nc4O[C@H]4COC[C@@H]43)cc2[N+](=O)[O-])CC1. The van der Waals surface area contributed by atoms with Crippen LogP contribution in [0.3, 0.4) is 0 Å². The molecule has 1 amide bonds. The number of nitro groups is 1. The van der Waals surface area contributed by atoms with Gasteiger partial charge in [0.2, 0.25) is 5.88 Å². The van der Waals surface area contributed by atoms with Gasteiger partial charge in [-0.3, -0.25) is 19.8 Å². The van der Waals surface area contributed by atoms with Crippen molar-refractivity contribution in [1.29, 1.82) is 0 Å². The number of ether oxygens (including phenoxy) is 2. The van der Waals surface area contributed by atoms with Crippen LogP contribution in [-0.2, 0) is 20.2 Å². The summed E-state index contributed by atoms with van der Waals surface area (Å²) in [6.45, 7) is 12.6. The number of carbonyl (C=O) groups excluding carboxylic acids is 1. The lowest BCUT2D eigenvalue weighted by molar-refractivity contribution is -0.384. The standard InChI is InChI=1S/C52H62N8O8S/c1-50(2,3)39-9-6-5-8-37(39)41-10-7-21-58(41)35-25-52(26-35)30-57(31-52)34-11-13-38(42(23-34)59-44-22-33-17-20-53-47(33)55-49(44)68-46-29-67-28-45(46)59)48(61)56-69(65,66)36-12-14-40(43(24-36)60(63)64)54-27-32-15-18-51(4,62)19-16-32/h5-6,8-9,11-14,17,20,22-24,32,35,41,45-46,54,62H,7,10,15-16,18-19,21,25-31H2,1-4H3,(H,53,55)(H,56,61)/t32?,41-,45-,46-,51?/m0/s1. The second kappa shape index (κ2) is 17.0. The maximum atomic E-state index is 14.6. The first-order valence-corrected chi connectivity index (χ1v) is 26.0. The number of nitrogens with one attached hydrogen (secondary N) is 3. The number of benzene rings is 3. The van der Waals surface area contributed by atoms with Crippen molar-refractivity contribution in [2.45, 2.75) is 119 Å². The van der Waals surface area contributed by atoms with Gasteiger partial charge >= 0.3 is 0 Å². The molecule has 1 spiro atoms. The Morgan fingerprint density at radius 2 is 1.78 bits per heavy atom. The molecule has 5 aromatic rings. The van der Waals surface area contributed by atoms with E-state index in [1.165, 1.54) is 36.1 Å². The van der Waals surface area contributed by atoms with Crippen molar-refractivity contribution in [2.24, 2.45) is 11.3 Å². The third kappa shape index (κ3) is 8.48. The van der Waals surface area contributed by atoms with Gasteiger partial charge in [-0.05, 0) is 130 Å². The molecule has 364 valence electrons. The number of aromatic nitrogens is 2. The average Bonchev–Trinajstić information content (AvgIpc) is 4.07. The molecule has 17 heteroatoms. The number of amides is 1. The number of rotatable bonds is 11. The van der Waals surface area contributed by atoms with Gasteiger partial charge in [-0.25, -0.2) is 13.1 Å². The van der Waals surface area contributed by atoms with Gasteiger partial charge in [0.15, 0.2) is 0 Å². The first-order chi connectivity index (χ1) is 32.9. The van der Waals surface area contributed by atoms with Crippen molar-refractivity contribution in [1.82, 2.24) is 19.6 Å². The predicted octanol–water partition coefficient (Wildman–Crippen LogP) is 8.34. The highest BCUT2D eigenvalue weighted by molar-refractivity contribution is 7.90. The highest BCUT2D eigenvalue weighted by Crippen LogP contribution is 2.55. The Kier molecular flexibility index (Phi) is 11.2. The minimum Gasteiger partial charge on any atom is -0.468 e. The van der Waals surface area contributed by atoms with Gasteiger partial charge in [0.05, 0.1) is 45.9 Å². The zero-order valence-electron chi connectivity index (χ0n) is 39.7. The van der Waals surface area contributed by atoms with Crippen molar-refractivity contribution in [3.05, 3.63) is 106 Å². The van der Waals surface area contributed by atoms with Crippen LogP contribution in [0.25, 0.3) is 11.0 Å². The number of aromatic amines is 1. The van der Waals surface area contributed by atoms with Crippen LogP contribution in [0, 0.1) is 21.4 Å². The minimum atomic E-state index is -4.61. The van der Waals surface area contributed by atoms with E-state index < -0.39 is 43.1 Å². The fourth-order valence-corrected chi connectivity index (χ4v) is 13.2. The van der Waals surface area contributed by atoms with Gasteiger partial charge in [-0.1, -0.05) is 45.0 Å². The lowest BCUT2D eigenvalue weighted by Gasteiger charge is -2.62. The maximum Gasteiger partial charge on any atom is 0.293 e. The van der Waals surface area contributed by atoms with E-state index in [9.17, 15) is 28.4 Å². The van der Waals surface area contributed by atoms with Crippen molar-refractivity contribution in [3.63, 3.8) is 0 Å². The molecule has 6 heterocycles. The molecule has 3 atom stereocenters. The van der Waals surface area contributed by atoms with Crippen LogP contribution >= 0.6 is 0 Å². The summed E-state index contributed by atoms with van der Waals surface area (Å²) in [6, 6.07) is 22.6. The molecule has 2 saturated carbocycles.